The summed E-state index contributed by atoms with van der Waals surface area (Å²) in [6.45, 7) is 0. The third kappa shape index (κ3) is 2.56. The molecule has 8 heteroatoms. The number of nitriles is 1. The van der Waals surface area contributed by atoms with E-state index in [1.807, 2.05) is 0 Å². The average Bonchev–Trinajstić information content (AvgIpc) is 2.54. The maximum atomic E-state index is 13.7. The van der Waals surface area contributed by atoms with E-state index in [0.29, 0.717) is 10.5 Å². The van der Waals surface area contributed by atoms with Crippen LogP contribution in [0.4, 0.5) is 4.39 Å². The van der Waals surface area contributed by atoms with E-state index in [4.69, 9.17) is 16.9 Å². The first-order valence-corrected chi connectivity index (χ1v) is 8.46. The molecule has 120 valence electrons. The standard InChI is InChI=1S/C16H8ClFN2O3S/c17-10-2-4-12-14(5-10)20-8-15(16(12)21)24(22,23)11-3-1-9(7-19)13(18)6-11/h1-6,8H,(H,20,21). The smallest absolute Gasteiger partial charge is 0.212 e. The van der Waals surface area contributed by atoms with Gasteiger partial charge in [0.15, 0.2) is 0 Å². The molecule has 0 spiro atoms. The van der Waals surface area contributed by atoms with Gasteiger partial charge in [0.05, 0.1) is 16.0 Å². The average molecular weight is 363 g/mol. The summed E-state index contributed by atoms with van der Waals surface area (Å²) in [6, 6.07) is 8.84. The summed E-state index contributed by atoms with van der Waals surface area (Å²) in [4.78, 5) is 14.3. The zero-order valence-electron chi connectivity index (χ0n) is 11.9. The van der Waals surface area contributed by atoms with E-state index >= 15 is 0 Å². The minimum absolute atomic E-state index is 0.148. The fraction of sp³-hybridized carbons (Fsp3) is 0. The molecule has 3 rings (SSSR count). The highest BCUT2D eigenvalue weighted by atomic mass is 35.5. The normalized spacial score (nSPS) is 11.4. The number of benzene rings is 2. The Morgan fingerprint density at radius 3 is 2.58 bits per heavy atom. The lowest BCUT2D eigenvalue weighted by atomic mass is 10.2. The van der Waals surface area contributed by atoms with Crippen LogP contribution in [-0.2, 0) is 9.84 Å². The molecule has 0 aliphatic heterocycles. The number of rotatable bonds is 2. The second kappa shape index (κ2) is 5.74. The molecule has 0 amide bonds. The van der Waals surface area contributed by atoms with Crippen LogP contribution >= 0.6 is 11.6 Å². The van der Waals surface area contributed by atoms with Gasteiger partial charge in [-0.05, 0) is 36.4 Å². The Morgan fingerprint density at radius 1 is 1.17 bits per heavy atom. The topological polar surface area (TPSA) is 90.8 Å². The predicted molar refractivity (Wildman–Crippen MR) is 86.1 cm³/mol. The van der Waals surface area contributed by atoms with Crippen LogP contribution in [0.2, 0.25) is 5.02 Å². The van der Waals surface area contributed by atoms with Gasteiger partial charge in [0.25, 0.3) is 0 Å². The molecule has 5 nitrogen and oxygen atoms in total. The Hall–Kier alpha value is -2.69. The third-order valence-corrected chi connectivity index (χ3v) is 5.46. The fourth-order valence-electron chi connectivity index (χ4n) is 2.26. The number of hydrogen-bond acceptors (Lipinski definition) is 4. The molecular weight excluding hydrogens is 355 g/mol. The van der Waals surface area contributed by atoms with E-state index in [1.165, 1.54) is 18.2 Å². The predicted octanol–water partition coefficient (Wildman–Crippen LogP) is 3.03. The summed E-state index contributed by atoms with van der Waals surface area (Å²) in [5.74, 6) is -0.970. The highest BCUT2D eigenvalue weighted by Gasteiger charge is 2.23. The largest absolute Gasteiger partial charge is 0.360 e. The molecule has 1 N–H and O–H groups in total. The van der Waals surface area contributed by atoms with E-state index in [0.717, 1.165) is 24.4 Å². The van der Waals surface area contributed by atoms with E-state index in [9.17, 15) is 17.6 Å². The van der Waals surface area contributed by atoms with Crippen LogP contribution in [0, 0.1) is 17.1 Å². The van der Waals surface area contributed by atoms with Gasteiger partial charge in [0, 0.05) is 16.6 Å². The van der Waals surface area contributed by atoms with E-state index in [2.05, 4.69) is 4.98 Å². The molecule has 0 radical (unpaired) electrons. The molecule has 0 fully saturated rings. The molecule has 0 bridgehead atoms. The quantitative estimate of drug-likeness (QED) is 0.758. The minimum Gasteiger partial charge on any atom is -0.360 e. The van der Waals surface area contributed by atoms with Crippen molar-refractivity contribution < 1.29 is 12.8 Å². The second-order valence-electron chi connectivity index (χ2n) is 4.93. The Labute approximate surface area is 140 Å². The second-order valence-corrected chi connectivity index (χ2v) is 7.28. The molecular formula is C16H8ClFN2O3S. The molecule has 1 aromatic heterocycles. The van der Waals surface area contributed by atoms with Crippen LogP contribution in [0.3, 0.4) is 0 Å². The van der Waals surface area contributed by atoms with Crippen molar-refractivity contribution in [1.29, 1.82) is 5.26 Å². The van der Waals surface area contributed by atoms with Crippen LogP contribution in [0.5, 0.6) is 0 Å². The fourth-order valence-corrected chi connectivity index (χ4v) is 3.76. The summed E-state index contributed by atoms with van der Waals surface area (Å²) in [7, 11) is -4.24. The number of sulfone groups is 1. The van der Waals surface area contributed by atoms with E-state index < -0.39 is 30.9 Å². The van der Waals surface area contributed by atoms with Gasteiger partial charge in [-0.15, -0.1) is 0 Å². The number of pyridine rings is 1. The van der Waals surface area contributed by atoms with Gasteiger partial charge in [-0.2, -0.15) is 5.26 Å². The maximum Gasteiger partial charge on any atom is 0.212 e. The van der Waals surface area contributed by atoms with Crippen molar-refractivity contribution in [2.45, 2.75) is 9.79 Å². The number of fused-ring (bicyclic) bond motifs is 1. The van der Waals surface area contributed by atoms with Crippen molar-refractivity contribution in [2.75, 3.05) is 0 Å². The highest BCUT2D eigenvalue weighted by molar-refractivity contribution is 7.91. The summed E-state index contributed by atoms with van der Waals surface area (Å²) in [6.07, 6.45) is 1.05. The van der Waals surface area contributed by atoms with Gasteiger partial charge in [-0.3, -0.25) is 4.79 Å². The first-order valence-electron chi connectivity index (χ1n) is 6.60. The van der Waals surface area contributed by atoms with E-state index in [-0.39, 0.29) is 10.9 Å². The summed E-state index contributed by atoms with van der Waals surface area (Å²) in [5.41, 5.74) is -0.612. The molecule has 0 saturated carbocycles. The van der Waals surface area contributed by atoms with Crippen molar-refractivity contribution in [3.8, 4) is 6.07 Å². The monoisotopic (exact) mass is 362 g/mol. The molecule has 0 unspecified atom stereocenters. The highest BCUT2D eigenvalue weighted by Crippen LogP contribution is 2.22. The van der Waals surface area contributed by atoms with Gasteiger partial charge in [-0.25, -0.2) is 12.8 Å². The Kier molecular flexibility index (Phi) is 3.87. The Bertz CT molecular complexity index is 1180. The summed E-state index contributed by atoms with van der Waals surface area (Å²) >= 11 is 5.83. The molecule has 0 atom stereocenters. The number of aromatic amines is 1. The van der Waals surface area contributed by atoms with Gasteiger partial charge in [0.2, 0.25) is 15.3 Å². The van der Waals surface area contributed by atoms with Crippen molar-refractivity contribution in [3.63, 3.8) is 0 Å². The number of aromatic nitrogens is 1. The molecule has 3 aromatic rings. The lowest BCUT2D eigenvalue weighted by Crippen LogP contribution is -2.16. The molecule has 0 saturated heterocycles. The summed E-state index contributed by atoms with van der Waals surface area (Å²) < 4.78 is 38.9. The van der Waals surface area contributed by atoms with Crippen molar-refractivity contribution in [3.05, 3.63) is 69.2 Å². The molecule has 2 aromatic carbocycles. The van der Waals surface area contributed by atoms with Crippen LogP contribution in [-0.4, -0.2) is 13.4 Å². The SMILES string of the molecule is N#Cc1ccc(S(=O)(=O)c2c[nH]c3cc(Cl)ccc3c2=O)cc1F. The molecule has 0 aliphatic rings. The van der Waals surface area contributed by atoms with Gasteiger partial charge >= 0.3 is 0 Å². The zero-order valence-corrected chi connectivity index (χ0v) is 13.5. The Balaban J connectivity index is 2.24. The lowest BCUT2D eigenvalue weighted by Gasteiger charge is -2.06. The van der Waals surface area contributed by atoms with Crippen LogP contribution in [0.1, 0.15) is 5.56 Å². The maximum absolute atomic E-state index is 13.7. The number of hydrogen-bond donors (Lipinski definition) is 1. The first kappa shape index (κ1) is 16.2. The first-order chi connectivity index (χ1) is 11.3. The van der Waals surface area contributed by atoms with Crippen LogP contribution < -0.4 is 5.43 Å². The zero-order chi connectivity index (χ0) is 17.5. The van der Waals surface area contributed by atoms with Crippen molar-refractivity contribution in [2.24, 2.45) is 0 Å². The molecule has 0 aliphatic carbocycles. The van der Waals surface area contributed by atoms with Gasteiger partial charge in [0.1, 0.15) is 16.8 Å². The number of H-pyrrole nitrogens is 1. The van der Waals surface area contributed by atoms with Crippen molar-refractivity contribution in [1.82, 2.24) is 4.98 Å². The van der Waals surface area contributed by atoms with Gasteiger partial charge in [-0.1, -0.05) is 11.6 Å². The van der Waals surface area contributed by atoms with Gasteiger partial charge < -0.3 is 4.98 Å². The Morgan fingerprint density at radius 2 is 1.92 bits per heavy atom. The number of halogens is 2. The van der Waals surface area contributed by atoms with Crippen molar-refractivity contribution >= 4 is 32.3 Å². The molecule has 24 heavy (non-hydrogen) atoms. The minimum atomic E-state index is -4.24. The molecule has 1 heterocycles. The van der Waals surface area contributed by atoms with E-state index in [1.54, 1.807) is 6.07 Å². The van der Waals surface area contributed by atoms with Crippen LogP contribution in [0.15, 0.2) is 57.2 Å². The number of nitrogens with one attached hydrogen (secondary N) is 1. The third-order valence-electron chi connectivity index (χ3n) is 3.47. The number of nitrogens with zero attached hydrogens (tertiary/aromatic N) is 1. The lowest BCUT2D eigenvalue weighted by molar-refractivity contribution is 0.589. The summed E-state index contributed by atoms with van der Waals surface area (Å²) in [5, 5.41) is 9.25. The van der Waals surface area contributed by atoms with Crippen LogP contribution in [0.25, 0.3) is 10.9 Å².